The van der Waals surface area contributed by atoms with Gasteiger partial charge in [-0.3, -0.25) is 5.21 Å². The van der Waals surface area contributed by atoms with Crippen LogP contribution in [0, 0.1) is 17.5 Å². The predicted octanol–water partition coefficient (Wildman–Crippen LogP) is 3.21. The number of nitrogens with zero attached hydrogens (tertiary/aromatic N) is 1. The summed E-state index contributed by atoms with van der Waals surface area (Å²) in [7, 11) is 0.670. The number of benzene rings is 1. The number of carbonyl (C=O) groups excluding carboxylic acids is 1. The van der Waals surface area contributed by atoms with Crippen LogP contribution in [0.2, 0.25) is 5.02 Å². The van der Waals surface area contributed by atoms with E-state index in [1.54, 1.807) is 0 Å². The minimum Gasteiger partial charge on any atom is -0.464 e. The molecule has 0 fully saturated rings. The number of ether oxygens (including phenoxy) is 1. The molecule has 1 N–H and O–H groups in total. The second kappa shape index (κ2) is 6.23. The summed E-state index contributed by atoms with van der Waals surface area (Å²) < 4.78 is 73.3. The molecule has 0 radical (unpaired) electrons. The normalized spacial score (nSPS) is 11.5. The number of methoxy groups -OCH3 is 1. The Morgan fingerprint density at radius 2 is 1.83 bits per heavy atom. The molecule has 1 aromatic carbocycles. The standard InChI is InChI=1S/C14H8ClF5NO3/c1-24-13(22)14(19,20)7-4-5-21(23)12(11(7)18)6-2-3-8(16)9(15)10(6)17/h2-5,23H,1H3/q+1. The first-order valence-corrected chi connectivity index (χ1v) is 6.54. The van der Waals surface area contributed by atoms with Crippen LogP contribution < -0.4 is 4.73 Å². The van der Waals surface area contributed by atoms with E-state index >= 15 is 0 Å². The molecule has 0 aliphatic rings. The van der Waals surface area contributed by atoms with Gasteiger partial charge in [-0.15, -0.1) is 0 Å². The number of alkyl halides is 2. The molecule has 0 bridgehead atoms. The third-order valence-electron chi connectivity index (χ3n) is 3.13. The maximum absolute atomic E-state index is 14.5. The fourth-order valence-electron chi connectivity index (χ4n) is 1.95. The van der Waals surface area contributed by atoms with E-state index in [4.69, 9.17) is 11.6 Å². The lowest BCUT2D eigenvalue weighted by Crippen LogP contribution is -2.37. The zero-order valence-electron chi connectivity index (χ0n) is 11.8. The minimum atomic E-state index is -4.40. The lowest BCUT2D eigenvalue weighted by molar-refractivity contribution is -0.897. The van der Waals surface area contributed by atoms with E-state index in [9.17, 15) is 32.0 Å². The summed E-state index contributed by atoms with van der Waals surface area (Å²) in [5.74, 6) is -10.9. The number of hydrogen-bond acceptors (Lipinski definition) is 3. The number of hydrogen-bond donors (Lipinski definition) is 1. The largest absolute Gasteiger partial charge is 0.464 e. The quantitative estimate of drug-likeness (QED) is 0.297. The van der Waals surface area contributed by atoms with Crippen LogP contribution in [0.5, 0.6) is 0 Å². The number of rotatable bonds is 3. The topological polar surface area (TPSA) is 50.4 Å². The molecular formula is C14H8ClF5NO3+. The average molecular weight is 369 g/mol. The fourth-order valence-corrected chi connectivity index (χ4v) is 2.12. The summed E-state index contributed by atoms with van der Waals surface area (Å²) in [4.78, 5) is 11.1. The molecule has 10 heteroatoms. The summed E-state index contributed by atoms with van der Waals surface area (Å²) in [6, 6.07) is 1.77. The monoisotopic (exact) mass is 368 g/mol. The molecule has 2 aromatic rings. The smallest absolute Gasteiger partial charge is 0.381 e. The van der Waals surface area contributed by atoms with E-state index in [-0.39, 0.29) is 4.73 Å². The van der Waals surface area contributed by atoms with Crippen molar-refractivity contribution in [1.29, 1.82) is 0 Å². The van der Waals surface area contributed by atoms with Gasteiger partial charge in [0.1, 0.15) is 10.8 Å². The molecule has 1 aromatic heterocycles. The third-order valence-corrected chi connectivity index (χ3v) is 3.47. The molecule has 2 rings (SSSR count). The van der Waals surface area contributed by atoms with Crippen molar-refractivity contribution in [3.63, 3.8) is 0 Å². The lowest BCUT2D eigenvalue weighted by atomic mass is 10.0. The Morgan fingerprint density at radius 1 is 1.21 bits per heavy atom. The molecule has 0 saturated heterocycles. The maximum Gasteiger partial charge on any atom is 0.381 e. The highest BCUT2D eigenvalue weighted by Crippen LogP contribution is 2.35. The van der Waals surface area contributed by atoms with Crippen LogP contribution in [0.3, 0.4) is 0 Å². The van der Waals surface area contributed by atoms with Crippen molar-refractivity contribution < 1.29 is 41.4 Å². The Morgan fingerprint density at radius 3 is 2.42 bits per heavy atom. The molecule has 0 aliphatic carbocycles. The number of esters is 1. The molecule has 24 heavy (non-hydrogen) atoms. The van der Waals surface area contributed by atoms with Crippen molar-refractivity contribution in [3.05, 3.63) is 52.4 Å². The van der Waals surface area contributed by atoms with Gasteiger partial charge in [0, 0.05) is 10.8 Å². The van der Waals surface area contributed by atoms with E-state index in [1.165, 1.54) is 0 Å². The molecule has 0 atom stereocenters. The van der Waals surface area contributed by atoms with Crippen LogP contribution in [-0.4, -0.2) is 18.3 Å². The number of halogens is 6. The number of carbonyl (C=O) groups is 1. The van der Waals surface area contributed by atoms with E-state index in [1.807, 2.05) is 0 Å². The maximum atomic E-state index is 14.5. The van der Waals surface area contributed by atoms with Gasteiger partial charge in [0.05, 0.1) is 18.2 Å². The summed E-state index contributed by atoms with van der Waals surface area (Å²) in [5, 5.41) is 8.61. The molecule has 0 saturated carbocycles. The third kappa shape index (κ3) is 2.75. The van der Waals surface area contributed by atoms with Crippen molar-refractivity contribution >= 4 is 17.6 Å². The van der Waals surface area contributed by atoms with Crippen molar-refractivity contribution in [2.75, 3.05) is 7.11 Å². The van der Waals surface area contributed by atoms with Gasteiger partial charge in [-0.25, -0.2) is 13.6 Å². The lowest BCUT2D eigenvalue weighted by Gasteiger charge is -2.14. The van der Waals surface area contributed by atoms with Gasteiger partial charge in [0.25, 0.3) is 0 Å². The van der Waals surface area contributed by atoms with E-state index in [0.717, 1.165) is 0 Å². The molecule has 0 spiro atoms. The minimum absolute atomic E-state index is 0.00115. The number of pyridine rings is 1. The van der Waals surface area contributed by atoms with Gasteiger partial charge in [0.15, 0.2) is 5.82 Å². The molecular weight excluding hydrogens is 361 g/mol. The Bertz CT molecular complexity index is 829. The molecule has 4 nitrogen and oxygen atoms in total. The summed E-state index contributed by atoms with van der Waals surface area (Å²) >= 11 is 5.35. The highest BCUT2D eigenvalue weighted by molar-refractivity contribution is 6.31. The Balaban J connectivity index is 2.76. The molecule has 0 aliphatic heterocycles. The van der Waals surface area contributed by atoms with Gasteiger partial charge in [-0.1, -0.05) is 11.6 Å². The molecule has 1 heterocycles. The second-order valence-corrected chi connectivity index (χ2v) is 4.90. The van der Waals surface area contributed by atoms with Crippen molar-refractivity contribution in [2.24, 2.45) is 0 Å². The Labute approximate surface area is 136 Å². The van der Waals surface area contributed by atoms with Crippen LogP contribution in [0.15, 0.2) is 24.4 Å². The summed E-state index contributed by atoms with van der Waals surface area (Å²) in [6.45, 7) is 0. The first-order chi connectivity index (χ1) is 11.1. The highest BCUT2D eigenvalue weighted by atomic mass is 35.5. The van der Waals surface area contributed by atoms with Crippen LogP contribution in [0.1, 0.15) is 5.56 Å². The van der Waals surface area contributed by atoms with E-state index < -0.39 is 51.2 Å². The number of aromatic nitrogens is 1. The van der Waals surface area contributed by atoms with E-state index in [0.29, 0.717) is 31.5 Å². The van der Waals surface area contributed by atoms with Gasteiger partial charge >= 0.3 is 17.6 Å². The van der Waals surface area contributed by atoms with Crippen LogP contribution >= 0.6 is 11.6 Å². The van der Waals surface area contributed by atoms with Gasteiger partial charge < -0.3 is 4.74 Å². The zero-order chi connectivity index (χ0) is 18.2. The first kappa shape index (κ1) is 17.9. The van der Waals surface area contributed by atoms with Crippen LogP contribution in [0.25, 0.3) is 11.3 Å². The van der Waals surface area contributed by atoms with Crippen LogP contribution in [-0.2, 0) is 15.5 Å². The molecule has 0 amide bonds. The summed E-state index contributed by atoms with van der Waals surface area (Å²) in [5.41, 5.74) is -3.33. The Hall–Kier alpha value is -2.42. The van der Waals surface area contributed by atoms with Crippen molar-refractivity contribution in [2.45, 2.75) is 5.92 Å². The Kier molecular flexibility index (Phi) is 4.66. The zero-order valence-corrected chi connectivity index (χ0v) is 12.5. The summed E-state index contributed by atoms with van der Waals surface area (Å²) in [6.07, 6.45) is 0.557. The van der Waals surface area contributed by atoms with Crippen LogP contribution in [0.4, 0.5) is 22.0 Å². The van der Waals surface area contributed by atoms with Gasteiger partial charge in [-0.05, 0) is 12.1 Å². The molecule has 0 unspecified atom stereocenters. The first-order valence-electron chi connectivity index (χ1n) is 6.16. The molecule has 128 valence electrons. The second-order valence-electron chi connectivity index (χ2n) is 4.53. The average Bonchev–Trinajstić information content (AvgIpc) is 2.53. The predicted molar refractivity (Wildman–Crippen MR) is 70.1 cm³/mol. The van der Waals surface area contributed by atoms with E-state index in [2.05, 4.69) is 4.74 Å². The van der Waals surface area contributed by atoms with Crippen molar-refractivity contribution in [3.8, 4) is 11.3 Å². The van der Waals surface area contributed by atoms with Crippen molar-refractivity contribution in [1.82, 2.24) is 0 Å². The SMILES string of the molecule is COC(=O)C(F)(F)c1cc[n+](O)c(-c2ccc(F)c(Cl)c2F)c1F. The van der Waals surface area contributed by atoms with Gasteiger partial charge in [-0.2, -0.15) is 13.2 Å². The fraction of sp³-hybridized carbons (Fsp3) is 0.143. The highest BCUT2D eigenvalue weighted by Gasteiger charge is 2.47. The van der Waals surface area contributed by atoms with Gasteiger partial charge in [0.2, 0.25) is 12.0 Å².